The quantitative estimate of drug-likeness (QED) is 0.488. The number of hydrogen-bond acceptors (Lipinski definition) is 0. The Kier molecular flexibility index (Phi) is 2.64. The summed E-state index contributed by atoms with van der Waals surface area (Å²) in [5.41, 5.74) is 0. The van der Waals surface area contributed by atoms with Crippen LogP contribution in [-0.4, -0.2) is 0 Å². The van der Waals surface area contributed by atoms with Crippen molar-refractivity contribution < 1.29 is 0 Å². The van der Waals surface area contributed by atoms with Gasteiger partial charge in [0.15, 0.2) is 0 Å². The van der Waals surface area contributed by atoms with Crippen LogP contribution in [0.25, 0.3) is 0 Å². The van der Waals surface area contributed by atoms with E-state index >= 15 is 0 Å². The molecule has 0 amide bonds. The summed E-state index contributed by atoms with van der Waals surface area (Å²) in [6, 6.07) is 0. The van der Waals surface area contributed by atoms with Crippen LogP contribution in [0.2, 0.25) is 0 Å². The molecule has 1 fully saturated rings. The maximum Gasteiger partial charge on any atom is 0.0998 e. The lowest BCUT2D eigenvalue weighted by atomic mass is 9.77. The molecule has 0 saturated heterocycles. The van der Waals surface area contributed by atoms with Gasteiger partial charge in [0.25, 0.3) is 0 Å². The maximum atomic E-state index is 2.38. The van der Waals surface area contributed by atoms with Gasteiger partial charge in [-0.1, -0.05) is 13.3 Å². The van der Waals surface area contributed by atoms with Crippen LogP contribution in [0.5, 0.6) is 0 Å². The Morgan fingerprint density at radius 2 is 1.90 bits per heavy atom. The summed E-state index contributed by atoms with van der Waals surface area (Å²) in [5.74, 6) is 3.57. The molecule has 0 aromatic carbocycles. The zero-order chi connectivity index (χ0) is 7.56. The molecule has 0 nitrogen and oxygen atoms in total. The van der Waals surface area contributed by atoms with Crippen LogP contribution in [0.3, 0.4) is 0 Å². The summed E-state index contributed by atoms with van der Waals surface area (Å²) < 4.78 is 0. The minimum atomic E-state index is 0.948. The molecule has 0 heterocycles. The first-order valence-electron chi connectivity index (χ1n) is 4.50. The lowest BCUT2D eigenvalue weighted by Crippen LogP contribution is -2.16. The average molecular weight is 139 g/mol. The number of hydrogen-bond donors (Lipinski definition) is 0. The molecule has 1 saturated carbocycles. The summed E-state index contributed by atoms with van der Waals surface area (Å²) in [6.45, 7) is 6.94. The maximum absolute atomic E-state index is 2.38. The van der Waals surface area contributed by atoms with Crippen molar-refractivity contribution in [2.24, 2.45) is 11.8 Å². The van der Waals surface area contributed by atoms with E-state index in [9.17, 15) is 0 Å². The van der Waals surface area contributed by atoms with Crippen molar-refractivity contribution in [2.45, 2.75) is 46.5 Å². The molecular formula is C10H19+. The van der Waals surface area contributed by atoms with E-state index < -0.39 is 0 Å². The minimum Gasteiger partial charge on any atom is -0.0623 e. The Bertz CT molecular complexity index is 94.2. The second-order valence-electron chi connectivity index (χ2n) is 4.05. The van der Waals surface area contributed by atoms with Gasteiger partial charge in [-0.3, -0.25) is 0 Å². The van der Waals surface area contributed by atoms with Gasteiger partial charge in [0.05, 0.1) is 25.7 Å². The Morgan fingerprint density at radius 3 is 2.30 bits per heavy atom. The summed E-state index contributed by atoms with van der Waals surface area (Å²) in [6.07, 6.45) is 5.82. The van der Waals surface area contributed by atoms with E-state index in [1.54, 1.807) is 5.92 Å². The highest BCUT2D eigenvalue weighted by atomic mass is 14.3. The van der Waals surface area contributed by atoms with Crippen molar-refractivity contribution in [1.29, 1.82) is 0 Å². The molecule has 0 heteroatoms. The third kappa shape index (κ3) is 1.93. The molecule has 0 aromatic rings. The van der Waals surface area contributed by atoms with Crippen molar-refractivity contribution in [2.75, 3.05) is 0 Å². The van der Waals surface area contributed by atoms with Gasteiger partial charge in [-0.05, 0) is 25.2 Å². The molecule has 58 valence electrons. The topological polar surface area (TPSA) is 0 Å². The molecule has 1 aliphatic carbocycles. The van der Waals surface area contributed by atoms with E-state index in [0.29, 0.717) is 0 Å². The Balaban J connectivity index is 2.32. The molecule has 1 aliphatic rings. The van der Waals surface area contributed by atoms with Crippen molar-refractivity contribution in [1.82, 2.24) is 0 Å². The van der Waals surface area contributed by atoms with E-state index in [4.69, 9.17) is 0 Å². The molecule has 0 N–H and O–H groups in total. The van der Waals surface area contributed by atoms with Gasteiger partial charge >= 0.3 is 0 Å². The van der Waals surface area contributed by atoms with Crippen molar-refractivity contribution in [3.63, 3.8) is 0 Å². The largest absolute Gasteiger partial charge is 0.0998 e. The molecular weight excluding hydrogens is 120 g/mol. The first-order valence-corrected chi connectivity index (χ1v) is 4.50. The standard InChI is InChI=1S/C10H19/c1-8(2)10-6-4-5-9(3)7-10/h9-10H,4-7H2,1-3H3/q+1. The highest BCUT2D eigenvalue weighted by Crippen LogP contribution is 2.33. The molecule has 1 rings (SSSR count). The van der Waals surface area contributed by atoms with Crippen LogP contribution in [0, 0.1) is 17.8 Å². The number of rotatable bonds is 1. The Hall–Kier alpha value is -0.130. The molecule has 0 aliphatic heterocycles. The van der Waals surface area contributed by atoms with E-state index in [-0.39, 0.29) is 0 Å². The second kappa shape index (κ2) is 3.32. The van der Waals surface area contributed by atoms with E-state index in [1.165, 1.54) is 25.7 Å². The fourth-order valence-electron chi connectivity index (χ4n) is 1.96. The van der Waals surface area contributed by atoms with Crippen LogP contribution < -0.4 is 0 Å². The highest BCUT2D eigenvalue weighted by molar-refractivity contribution is 4.89. The van der Waals surface area contributed by atoms with Crippen LogP contribution in [0.1, 0.15) is 46.5 Å². The third-order valence-corrected chi connectivity index (χ3v) is 2.75. The first kappa shape index (κ1) is 7.97. The fraction of sp³-hybridized carbons (Fsp3) is 0.900. The monoisotopic (exact) mass is 139 g/mol. The molecule has 0 spiro atoms. The molecule has 0 aromatic heterocycles. The van der Waals surface area contributed by atoms with Crippen molar-refractivity contribution in [3.8, 4) is 0 Å². The van der Waals surface area contributed by atoms with Gasteiger partial charge in [0, 0.05) is 0 Å². The Labute approximate surface area is 65.0 Å². The van der Waals surface area contributed by atoms with Gasteiger partial charge in [-0.15, -0.1) is 0 Å². The van der Waals surface area contributed by atoms with Crippen molar-refractivity contribution in [3.05, 3.63) is 5.92 Å². The van der Waals surface area contributed by atoms with Crippen LogP contribution in [0.15, 0.2) is 0 Å². The van der Waals surface area contributed by atoms with E-state index in [1.807, 2.05) is 0 Å². The first-order chi connectivity index (χ1) is 4.70. The molecule has 0 bridgehead atoms. The van der Waals surface area contributed by atoms with Gasteiger partial charge in [0.2, 0.25) is 0 Å². The molecule has 10 heavy (non-hydrogen) atoms. The van der Waals surface area contributed by atoms with E-state index in [2.05, 4.69) is 20.8 Å². The zero-order valence-electron chi connectivity index (χ0n) is 7.48. The SMILES string of the molecule is C[C+](C)C1CCCC(C)C1. The predicted octanol–water partition coefficient (Wildman–Crippen LogP) is 3.43. The third-order valence-electron chi connectivity index (χ3n) is 2.75. The summed E-state index contributed by atoms with van der Waals surface area (Å²) in [4.78, 5) is 0. The van der Waals surface area contributed by atoms with Gasteiger partial charge < -0.3 is 0 Å². The fourth-order valence-corrected chi connectivity index (χ4v) is 1.96. The predicted molar refractivity (Wildman–Crippen MR) is 45.7 cm³/mol. The second-order valence-corrected chi connectivity index (χ2v) is 4.05. The van der Waals surface area contributed by atoms with Crippen LogP contribution in [-0.2, 0) is 0 Å². The van der Waals surface area contributed by atoms with Gasteiger partial charge in [-0.25, -0.2) is 0 Å². The van der Waals surface area contributed by atoms with Crippen molar-refractivity contribution >= 4 is 0 Å². The average Bonchev–Trinajstić information content (AvgIpc) is 1.88. The zero-order valence-corrected chi connectivity index (χ0v) is 7.48. The molecule has 0 radical (unpaired) electrons. The molecule has 2 atom stereocenters. The minimum absolute atomic E-state index is 0.948. The summed E-state index contributed by atoms with van der Waals surface area (Å²) in [7, 11) is 0. The van der Waals surface area contributed by atoms with Gasteiger partial charge in [-0.2, -0.15) is 0 Å². The summed E-state index contributed by atoms with van der Waals surface area (Å²) >= 11 is 0. The van der Waals surface area contributed by atoms with E-state index in [0.717, 1.165) is 11.8 Å². The highest BCUT2D eigenvalue weighted by Gasteiger charge is 2.27. The van der Waals surface area contributed by atoms with Crippen LogP contribution in [0.4, 0.5) is 0 Å². The van der Waals surface area contributed by atoms with Crippen LogP contribution >= 0.6 is 0 Å². The smallest absolute Gasteiger partial charge is 0.0623 e. The Morgan fingerprint density at radius 1 is 1.20 bits per heavy atom. The lowest BCUT2D eigenvalue weighted by molar-refractivity contribution is 0.293. The normalized spacial score (nSPS) is 33.9. The molecule has 2 unspecified atom stereocenters. The van der Waals surface area contributed by atoms with Gasteiger partial charge in [0.1, 0.15) is 0 Å². The lowest BCUT2D eigenvalue weighted by Gasteiger charge is -2.23. The summed E-state index contributed by atoms with van der Waals surface area (Å²) in [5, 5.41) is 0.